The Hall–Kier alpha value is -1.70. The van der Waals surface area contributed by atoms with Gasteiger partial charge in [-0.25, -0.2) is 0 Å². The summed E-state index contributed by atoms with van der Waals surface area (Å²) in [7, 11) is 0. The van der Waals surface area contributed by atoms with Gasteiger partial charge in [0.15, 0.2) is 0 Å². The topological polar surface area (TPSA) is 24.7 Å². The van der Waals surface area contributed by atoms with Crippen LogP contribution in [0, 0.1) is 0 Å². The molecule has 1 aliphatic heterocycles. The summed E-state index contributed by atoms with van der Waals surface area (Å²) in [6.45, 7) is 18.3. The molecule has 1 heterocycles. The molecular formula is C17H30N2. The summed E-state index contributed by atoms with van der Waals surface area (Å²) in [4.78, 5) is 8.43. The maximum Gasteiger partial charge on any atom is 0.0772 e. The lowest BCUT2D eigenvalue weighted by Gasteiger charge is -2.02. The van der Waals surface area contributed by atoms with Crippen LogP contribution in [0.3, 0.4) is 0 Å². The van der Waals surface area contributed by atoms with Gasteiger partial charge in [0.1, 0.15) is 0 Å². The van der Waals surface area contributed by atoms with Gasteiger partial charge in [-0.15, -0.1) is 13.2 Å². The Bertz CT molecular complexity index is 284. The van der Waals surface area contributed by atoms with E-state index in [0.29, 0.717) is 6.54 Å². The fourth-order valence-electron chi connectivity index (χ4n) is 1.01. The van der Waals surface area contributed by atoms with E-state index < -0.39 is 0 Å². The number of nitrogens with zero attached hydrogens (tertiary/aromatic N) is 2. The van der Waals surface area contributed by atoms with Crippen LogP contribution in [-0.4, -0.2) is 18.5 Å². The Balaban J connectivity index is -0.000000375. The summed E-state index contributed by atoms with van der Waals surface area (Å²) in [6.07, 6.45) is 13.3. The molecule has 1 rings (SSSR count). The molecule has 0 aromatic rings. The van der Waals surface area contributed by atoms with E-state index >= 15 is 0 Å². The zero-order chi connectivity index (χ0) is 15.4. The van der Waals surface area contributed by atoms with E-state index in [0.717, 1.165) is 18.6 Å². The second-order valence-corrected chi connectivity index (χ2v) is 2.73. The lowest BCUT2D eigenvalue weighted by molar-refractivity contribution is 1.03. The lowest BCUT2D eigenvalue weighted by Crippen LogP contribution is -2.04. The van der Waals surface area contributed by atoms with Gasteiger partial charge in [-0.05, 0) is 18.9 Å². The first-order valence-electron chi connectivity index (χ1n) is 6.91. The predicted molar refractivity (Wildman–Crippen MR) is 92.5 cm³/mol. The summed E-state index contributed by atoms with van der Waals surface area (Å²) in [5.74, 6) is 0. The Morgan fingerprint density at radius 3 is 2.32 bits per heavy atom. The quantitative estimate of drug-likeness (QED) is 0.368. The highest BCUT2D eigenvalue weighted by Gasteiger charge is 1.98. The van der Waals surface area contributed by atoms with E-state index in [9.17, 15) is 0 Å². The van der Waals surface area contributed by atoms with Crippen molar-refractivity contribution in [3.05, 3.63) is 50.2 Å². The SMILES string of the molecule is C=C.C=C/C=C\C=NCC1=NC=CCC1.CC.CC. The summed E-state index contributed by atoms with van der Waals surface area (Å²) >= 11 is 0. The van der Waals surface area contributed by atoms with Crippen molar-refractivity contribution in [3.63, 3.8) is 0 Å². The lowest BCUT2D eigenvalue weighted by atomic mass is 10.2. The van der Waals surface area contributed by atoms with Gasteiger partial charge in [0.25, 0.3) is 0 Å². The molecule has 2 heteroatoms. The number of allylic oxidation sites excluding steroid dienone is 4. The van der Waals surface area contributed by atoms with Crippen molar-refractivity contribution in [2.45, 2.75) is 40.5 Å². The van der Waals surface area contributed by atoms with Crippen molar-refractivity contribution in [3.8, 4) is 0 Å². The fraction of sp³-hybridized carbons (Fsp3) is 0.412. The number of aliphatic imine (C=N–C) groups is 2. The number of hydrogen-bond acceptors (Lipinski definition) is 2. The number of hydrogen-bond donors (Lipinski definition) is 0. The minimum atomic E-state index is 0.714. The monoisotopic (exact) mass is 262 g/mol. The van der Waals surface area contributed by atoms with E-state index in [1.54, 1.807) is 12.3 Å². The molecule has 0 bridgehead atoms. The van der Waals surface area contributed by atoms with E-state index in [-0.39, 0.29) is 0 Å². The molecule has 0 saturated carbocycles. The summed E-state index contributed by atoms with van der Waals surface area (Å²) in [5, 5.41) is 0. The first kappa shape index (κ1) is 22.5. The van der Waals surface area contributed by atoms with Crippen molar-refractivity contribution >= 4 is 11.9 Å². The van der Waals surface area contributed by atoms with Crippen LogP contribution in [0.15, 0.2) is 60.2 Å². The minimum absolute atomic E-state index is 0.714. The smallest absolute Gasteiger partial charge is 0.0772 e. The average molecular weight is 262 g/mol. The van der Waals surface area contributed by atoms with Gasteiger partial charge in [-0.2, -0.15) is 0 Å². The van der Waals surface area contributed by atoms with E-state index in [1.807, 2.05) is 46.0 Å². The van der Waals surface area contributed by atoms with Crippen LogP contribution in [0.2, 0.25) is 0 Å². The highest BCUT2D eigenvalue weighted by atomic mass is 14.8. The summed E-state index contributed by atoms with van der Waals surface area (Å²) < 4.78 is 0. The van der Waals surface area contributed by atoms with Gasteiger partial charge in [-0.3, -0.25) is 9.98 Å². The van der Waals surface area contributed by atoms with Gasteiger partial charge >= 0.3 is 0 Å². The van der Waals surface area contributed by atoms with Crippen LogP contribution in [0.5, 0.6) is 0 Å². The molecule has 0 unspecified atom stereocenters. The maximum absolute atomic E-state index is 4.23. The van der Waals surface area contributed by atoms with Crippen LogP contribution >= 0.6 is 0 Å². The van der Waals surface area contributed by atoms with E-state index in [4.69, 9.17) is 0 Å². The maximum atomic E-state index is 4.23. The first-order chi connectivity index (χ1) is 9.43. The van der Waals surface area contributed by atoms with Gasteiger partial charge in [0.2, 0.25) is 0 Å². The molecule has 0 radical (unpaired) electrons. The molecule has 0 spiro atoms. The molecule has 0 aromatic carbocycles. The Labute approximate surface area is 120 Å². The molecule has 0 amide bonds. The third-order valence-corrected chi connectivity index (χ3v) is 1.67. The zero-order valence-corrected chi connectivity index (χ0v) is 13.1. The molecule has 0 fully saturated rings. The van der Waals surface area contributed by atoms with Crippen molar-refractivity contribution in [2.75, 3.05) is 6.54 Å². The van der Waals surface area contributed by atoms with Crippen molar-refractivity contribution in [2.24, 2.45) is 9.98 Å². The number of rotatable bonds is 4. The third-order valence-electron chi connectivity index (χ3n) is 1.67. The standard InChI is InChI=1S/C11H14N2.2C2H6.C2H4/c1-2-3-5-8-12-10-11-7-4-6-9-13-11;3*1-2/h2-3,5-6,8-9H,1,4,7,10H2;2*1-2H3;1-2H2/b5-3-,12-8?;;;. The van der Waals surface area contributed by atoms with Gasteiger partial charge in [0, 0.05) is 18.1 Å². The zero-order valence-electron chi connectivity index (χ0n) is 13.1. The first-order valence-corrected chi connectivity index (χ1v) is 6.91. The van der Waals surface area contributed by atoms with Crippen molar-refractivity contribution in [1.29, 1.82) is 0 Å². The fourth-order valence-corrected chi connectivity index (χ4v) is 1.01. The molecule has 0 saturated heterocycles. The summed E-state index contributed by atoms with van der Waals surface area (Å²) in [6, 6.07) is 0. The molecule has 0 aromatic heterocycles. The molecule has 1 aliphatic rings. The highest BCUT2D eigenvalue weighted by Crippen LogP contribution is 2.02. The van der Waals surface area contributed by atoms with Crippen LogP contribution in [0.1, 0.15) is 40.5 Å². The molecule has 0 atom stereocenters. The summed E-state index contributed by atoms with van der Waals surface area (Å²) in [5.41, 5.74) is 1.16. The molecule has 0 N–H and O–H groups in total. The Morgan fingerprint density at radius 1 is 1.21 bits per heavy atom. The van der Waals surface area contributed by atoms with Gasteiger partial charge < -0.3 is 0 Å². The highest BCUT2D eigenvalue weighted by molar-refractivity contribution is 5.89. The molecule has 2 nitrogen and oxygen atoms in total. The Morgan fingerprint density at radius 2 is 1.84 bits per heavy atom. The molecule has 108 valence electrons. The van der Waals surface area contributed by atoms with Crippen LogP contribution in [-0.2, 0) is 0 Å². The predicted octanol–water partition coefficient (Wildman–Crippen LogP) is 5.40. The van der Waals surface area contributed by atoms with Crippen molar-refractivity contribution < 1.29 is 0 Å². The molecule has 0 aliphatic carbocycles. The van der Waals surface area contributed by atoms with Gasteiger partial charge in [0.05, 0.1) is 6.54 Å². The van der Waals surface area contributed by atoms with E-state index in [1.165, 1.54) is 0 Å². The van der Waals surface area contributed by atoms with Crippen LogP contribution in [0.25, 0.3) is 0 Å². The average Bonchev–Trinajstić information content (AvgIpc) is 2.54. The second-order valence-electron chi connectivity index (χ2n) is 2.73. The van der Waals surface area contributed by atoms with Crippen LogP contribution < -0.4 is 0 Å². The third kappa shape index (κ3) is 18.8. The molecule has 19 heavy (non-hydrogen) atoms. The Kier molecular flexibility index (Phi) is 29.8. The van der Waals surface area contributed by atoms with Crippen LogP contribution in [0.4, 0.5) is 0 Å². The largest absolute Gasteiger partial charge is 0.287 e. The van der Waals surface area contributed by atoms with Crippen molar-refractivity contribution in [1.82, 2.24) is 0 Å². The second kappa shape index (κ2) is 25.2. The minimum Gasteiger partial charge on any atom is -0.287 e. The normalized spacial score (nSPS) is 12.3. The van der Waals surface area contributed by atoms with Gasteiger partial charge in [-0.1, -0.05) is 52.5 Å². The van der Waals surface area contributed by atoms with E-state index in [2.05, 4.69) is 35.8 Å². The molecular weight excluding hydrogens is 232 g/mol.